The van der Waals surface area contributed by atoms with E-state index in [0.29, 0.717) is 12.8 Å². The van der Waals surface area contributed by atoms with Gasteiger partial charge in [0.05, 0.1) is 15.5 Å². The molecule has 1 aliphatic rings. The normalized spacial score (nSPS) is 17.2. The molecule has 114 valence electrons. The molecule has 1 aliphatic carbocycles. The summed E-state index contributed by atoms with van der Waals surface area (Å²) < 4.78 is 13.5. The van der Waals surface area contributed by atoms with Crippen LogP contribution >= 0.6 is 15.9 Å². The average molecular weight is 361 g/mol. The summed E-state index contributed by atoms with van der Waals surface area (Å²) in [5, 5.41) is 23.3. The number of anilines is 1. The van der Waals surface area contributed by atoms with Gasteiger partial charge in [0.2, 0.25) is 0 Å². The second kappa shape index (κ2) is 5.97. The van der Waals surface area contributed by atoms with Crippen molar-refractivity contribution in [3.63, 3.8) is 0 Å². The summed E-state index contributed by atoms with van der Waals surface area (Å²) in [7, 11) is 0. The Balaban J connectivity index is 2.43. The lowest BCUT2D eigenvalue weighted by Crippen LogP contribution is -2.48. The highest BCUT2D eigenvalue weighted by molar-refractivity contribution is 9.10. The quantitative estimate of drug-likeness (QED) is 0.630. The summed E-state index contributed by atoms with van der Waals surface area (Å²) >= 11 is 2.96. The van der Waals surface area contributed by atoms with Gasteiger partial charge in [-0.25, -0.2) is 9.18 Å². The third kappa shape index (κ3) is 3.15. The van der Waals surface area contributed by atoms with E-state index in [1.807, 2.05) is 0 Å². The molecular formula is C13H14BrFN2O4. The molecule has 21 heavy (non-hydrogen) atoms. The van der Waals surface area contributed by atoms with Crippen LogP contribution in [0.25, 0.3) is 0 Å². The molecule has 2 rings (SSSR count). The van der Waals surface area contributed by atoms with E-state index < -0.39 is 27.9 Å². The number of rotatable bonds is 4. The van der Waals surface area contributed by atoms with Gasteiger partial charge in [-0.2, -0.15) is 0 Å². The van der Waals surface area contributed by atoms with Crippen molar-refractivity contribution in [2.45, 2.75) is 37.6 Å². The molecule has 0 bridgehead atoms. The zero-order valence-electron chi connectivity index (χ0n) is 11.1. The van der Waals surface area contributed by atoms with E-state index >= 15 is 0 Å². The van der Waals surface area contributed by atoms with Gasteiger partial charge < -0.3 is 10.4 Å². The highest BCUT2D eigenvalue weighted by Crippen LogP contribution is 2.37. The Labute approximate surface area is 128 Å². The topological polar surface area (TPSA) is 92.5 Å². The van der Waals surface area contributed by atoms with Crippen LogP contribution in [0.3, 0.4) is 0 Å². The molecular weight excluding hydrogens is 347 g/mol. The fourth-order valence-electron chi connectivity index (χ4n) is 2.59. The first-order valence-electron chi connectivity index (χ1n) is 6.51. The van der Waals surface area contributed by atoms with Crippen LogP contribution in [0.2, 0.25) is 0 Å². The molecule has 1 aromatic carbocycles. The number of nitrogens with zero attached hydrogens (tertiary/aromatic N) is 1. The zero-order valence-corrected chi connectivity index (χ0v) is 12.7. The highest BCUT2D eigenvalue weighted by Gasteiger charge is 2.41. The van der Waals surface area contributed by atoms with E-state index in [1.54, 1.807) is 0 Å². The SMILES string of the molecule is O=C(O)C1(Nc2cc(Br)c(F)cc2[N+](=O)[O-])CCCCC1. The summed E-state index contributed by atoms with van der Waals surface area (Å²) in [6.45, 7) is 0. The van der Waals surface area contributed by atoms with Gasteiger partial charge in [-0.05, 0) is 34.8 Å². The van der Waals surface area contributed by atoms with E-state index in [2.05, 4.69) is 21.2 Å². The molecule has 6 nitrogen and oxygen atoms in total. The number of halogens is 2. The molecule has 1 aromatic rings. The molecule has 0 unspecified atom stereocenters. The molecule has 0 saturated heterocycles. The van der Waals surface area contributed by atoms with Crippen molar-refractivity contribution in [3.05, 3.63) is 32.5 Å². The minimum atomic E-state index is -1.24. The Morgan fingerprint density at radius 3 is 2.52 bits per heavy atom. The van der Waals surface area contributed by atoms with Crippen LogP contribution < -0.4 is 5.32 Å². The van der Waals surface area contributed by atoms with Gasteiger partial charge >= 0.3 is 5.97 Å². The zero-order chi connectivity index (χ0) is 15.6. The number of benzene rings is 1. The van der Waals surface area contributed by atoms with E-state index in [9.17, 15) is 24.4 Å². The van der Waals surface area contributed by atoms with Gasteiger partial charge in [-0.15, -0.1) is 0 Å². The van der Waals surface area contributed by atoms with Crippen molar-refractivity contribution in [1.82, 2.24) is 0 Å². The average Bonchev–Trinajstić information content (AvgIpc) is 2.43. The van der Waals surface area contributed by atoms with Gasteiger partial charge in [-0.3, -0.25) is 10.1 Å². The van der Waals surface area contributed by atoms with Gasteiger partial charge in [-0.1, -0.05) is 19.3 Å². The minimum Gasteiger partial charge on any atom is -0.480 e. The van der Waals surface area contributed by atoms with Crippen LogP contribution in [0, 0.1) is 15.9 Å². The molecule has 1 saturated carbocycles. The maximum atomic E-state index is 13.5. The lowest BCUT2D eigenvalue weighted by molar-refractivity contribution is -0.384. The maximum absolute atomic E-state index is 13.5. The third-order valence-electron chi connectivity index (χ3n) is 3.73. The first-order valence-corrected chi connectivity index (χ1v) is 7.30. The Hall–Kier alpha value is -1.70. The molecule has 8 heteroatoms. The van der Waals surface area contributed by atoms with Crippen molar-refractivity contribution < 1.29 is 19.2 Å². The number of nitro groups is 1. The van der Waals surface area contributed by atoms with Crippen LogP contribution in [0.15, 0.2) is 16.6 Å². The summed E-state index contributed by atoms with van der Waals surface area (Å²) in [6.07, 6.45) is 3.17. The largest absolute Gasteiger partial charge is 0.480 e. The Bertz CT molecular complexity index is 588. The van der Waals surface area contributed by atoms with Crippen molar-refractivity contribution in [2.24, 2.45) is 0 Å². The summed E-state index contributed by atoms with van der Waals surface area (Å²) in [5.41, 5.74) is -1.69. The molecule has 0 amide bonds. The van der Waals surface area contributed by atoms with Crippen LogP contribution in [0.5, 0.6) is 0 Å². The van der Waals surface area contributed by atoms with E-state index in [4.69, 9.17) is 0 Å². The molecule has 0 heterocycles. The number of carboxylic acids is 1. The Morgan fingerprint density at radius 2 is 2.00 bits per heavy atom. The number of carboxylic acid groups (broad SMARTS) is 1. The number of aliphatic carboxylic acids is 1. The van der Waals surface area contributed by atoms with Gasteiger partial charge in [0.1, 0.15) is 17.0 Å². The number of carbonyl (C=O) groups is 1. The predicted octanol–water partition coefficient (Wildman–Crippen LogP) is 3.70. The van der Waals surface area contributed by atoms with E-state index in [0.717, 1.165) is 25.3 Å². The predicted molar refractivity (Wildman–Crippen MR) is 77.8 cm³/mol. The summed E-state index contributed by atoms with van der Waals surface area (Å²) in [4.78, 5) is 21.9. The molecule has 0 radical (unpaired) electrons. The van der Waals surface area contributed by atoms with Gasteiger partial charge in [0.15, 0.2) is 0 Å². The standard InChI is InChI=1S/C13H14BrFN2O4/c14-8-6-10(11(17(20)21)7-9(8)15)16-13(12(18)19)4-2-1-3-5-13/h6-7,16H,1-5H2,(H,18,19). The molecule has 2 N–H and O–H groups in total. The Morgan fingerprint density at radius 1 is 1.38 bits per heavy atom. The van der Waals surface area contributed by atoms with Gasteiger partial charge in [0, 0.05) is 0 Å². The molecule has 0 aliphatic heterocycles. The van der Waals surface area contributed by atoms with E-state index in [-0.39, 0.29) is 10.2 Å². The molecule has 0 atom stereocenters. The van der Waals surface area contributed by atoms with Crippen LogP contribution in [-0.4, -0.2) is 21.5 Å². The maximum Gasteiger partial charge on any atom is 0.329 e. The fourth-order valence-corrected chi connectivity index (χ4v) is 2.94. The summed E-state index contributed by atoms with van der Waals surface area (Å²) in [6, 6.07) is 2.00. The van der Waals surface area contributed by atoms with Crippen LogP contribution in [0.4, 0.5) is 15.8 Å². The second-order valence-corrected chi connectivity index (χ2v) is 5.97. The number of nitrogens with one attached hydrogen (secondary N) is 1. The van der Waals surface area contributed by atoms with Crippen molar-refractivity contribution in [1.29, 1.82) is 0 Å². The number of nitro benzene ring substituents is 1. The third-order valence-corrected chi connectivity index (χ3v) is 4.33. The first-order chi connectivity index (χ1) is 9.85. The van der Waals surface area contributed by atoms with Crippen molar-refractivity contribution in [2.75, 3.05) is 5.32 Å². The smallest absolute Gasteiger partial charge is 0.329 e. The monoisotopic (exact) mass is 360 g/mol. The lowest BCUT2D eigenvalue weighted by atomic mass is 9.81. The Kier molecular flexibility index (Phi) is 4.46. The molecule has 0 spiro atoms. The highest BCUT2D eigenvalue weighted by atomic mass is 79.9. The first kappa shape index (κ1) is 15.7. The second-order valence-electron chi connectivity index (χ2n) is 5.11. The van der Waals surface area contributed by atoms with Crippen LogP contribution in [-0.2, 0) is 4.79 Å². The molecule has 1 fully saturated rings. The summed E-state index contributed by atoms with van der Waals surface area (Å²) in [5.74, 6) is -1.81. The van der Waals surface area contributed by atoms with Gasteiger partial charge in [0.25, 0.3) is 5.69 Å². The minimum absolute atomic E-state index is 0.0116. The number of hydrogen-bond donors (Lipinski definition) is 2. The van der Waals surface area contributed by atoms with Crippen molar-refractivity contribution in [3.8, 4) is 0 Å². The number of hydrogen-bond acceptors (Lipinski definition) is 4. The molecule has 0 aromatic heterocycles. The van der Waals surface area contributed by atoms with Crippen LogP contribution in [0.1, 0.15) is 32.1 Å². The van der Waals surface area contributed by atoms with Crippen molar-refractivity contribution >= 4 is 33.3 Å². The lowest BCUT2D eigenvalue weighted by Gasteiger charge is -2.34. The fraction of sp³-hybridized carbons (Fsp3) is 0.462. The van der Waals surface area contributed by atoms with E-state index in [1.165, 1.54) is 6.07 Å².